The fourth-order valence-corrected chi connectivity index (χ4v) is 2.01. The minimum Gasteiger partial charge on any atom is -0.452 e. The Kier molecular flexibility index (Phi) is 5.31. The number of nitrogen functional groups attached to an aromatic ring is 1. The van der Waals surface area contributed by atoms with Crippen LogP contribution >= 0.6 is 0 Å². The Labute approximate surface area is 141 Å². The highest BCUT2D eigenvalue weighted by molar-refractivity contribution is 5.98. The zero-order chi connectivity index (χ0) is 18.6. The fourth-order valence-electron chi connectivity index (χ4n) is 2.01. The highest BCUT2D eigenvalue weighted by atomic mass is 19.4. The lowest BCUT2D eigenvalue weighted by atomic mass is 10.1. The molecule has 1 amide bonds. The molecule has 0 radical (unpaired) electrons. The third kappa shape index (κ3) is 4.72. The zero-order valence-electron chi connectivity index (χ0n) is 13.2. The van der Waals surface area contributed by atoms with Gasteiger partial charge in [0.25, 0.3) is 5.91 Å². The van der Waals surface area contributed by atoms with Crippen molar-refractivity contribution in [3.8, 4) is 0 Å². The Morgan fingerprint density at radius 2 is 1.76 bits per heavy atom. The summed E-state index contributed by atoms with van der Waals surface area (Å²) >= 11 is 0. The smallest absolute Gasteiger partial charge is 0.416 e. The molecular formula is C17H15F3N2O3. The molecule has 0 bridgehead atoms. The van der Waals surface area contributed by atoms with E-state index in [9.17, 15) is 22.8 Å². The molecule has 0 saturated carbocycles. The number of carbonyl (C=O) groups excluding carboxylic acids is 2. The lowest BCUT2D eigenvalue weighted by Gasteiger charge is -2.10. The van der Waals surface area contributed by atoms with Gasteiger partial charge in [-0.1, -0.05) is 12.1 Å². The maximum Gasteiger partial charge on any atom is 0.416 e. The zero-order valence-corrected chi connectivity index (χ0v) is 13.2. The molecule has 8 heteroatoms. The van der Waals surface area contributed by atoms with E-state index < -0.39 is 30.2 Å². The number of hydrogen-bond acceptors (Lipinski definition) is 4. The lowest BCUT2D eigenvalue weighted by Crippen LogP contribution is -2.21. The third-order valence-corrected chi connectivity index (χ3v) is 3.37. The van der Waals surface area contributed by atoms with Gasteiger partial charge in [0.2, 0.25) is 0 Å². The number of para-hydroxylation sites is 1. The molecule has 0 aliphatic rings. The summed E-state index contributed by atoms with van der Waals surface area (Å²) in [7, 11) is 0. The molecular weight excluding hydrogens is 337 g/mol. The van der Waals surface area contributed by atoms with E-state index in [1.165, 1.54) is 6.07 Å². The molecule has 2 aromatic rings. The van der Waals surface area contributed by atoms with Crippen molar-refractivity contribution < 1.29 is 27.5 Å². The summed E-state index contributed by atoms with van der Waals surface area (Å²) in [6, 6.07) is 8.73. The van der Waals surface area contributed by atoms with Crippen molar-refractivity contribution in [2.45, 2.75) is 13.1 Å². The van der Waals surface area contributed by atoms with Crippen molar-refractivity contribution in [2.75, 3.05) is 17.7 Å². The van der Waals surface area contributed by atoms with Crippen LogP contribution in [0.4, 0.5) is 24.5 Å². The van der Waals surface area contributed by atoms with E-state index in [2.05, 4.69) is 5.32 Å². The van der Waals surface area contributed by atoms with Crippen LogP contribution < -0.4 is 11.1 Å². The molecule has 5 nitrogen and oxygen atoms in total. The number of nitrogens with two attached hydrogens (primary N) is 1. The van der Waals surface area contributed by atoms with E-state index in [0.717, 1.165) is 24.3 Å². The van der Waals surface area contributed by atoms with Gasteiger partial charge in [0, 0.05) is 11.4 Å². The number of hydrogen-bond donors (Lipinski definition) is 2. The molecule has 0 aliphatic heterocycles. The summed E-state index contributed by atoms with van der Waals surface area (Å²) < 4.78 is 42.2. The largest absolute Gasteiger partial charge is 0.452 e. The summed E-state index contributed by atoms with van der Waals surface area (Å²) in [5.41, 5.74) is 6.20. The Morgan fingerprint density at radius 1 is 1.12 bits per heavy atom. The van der Waals surface area contributed by atoms with E-state index in [1.807, 2.05) is 0 Å². The average molecular weight is 352 g/mol. The minimum absolute atomic E-state index is 0.141. The van der Waals surface area contributed by atoms with Crippen molar-refractivity contribution in [1.29, 1.82) is 0 Å². The van der Waals surface area contributed by atoms with Crippen LogP contribution in [-0.2, 0) is 15.7 Å². The topological polar surface area (TPSA) is 81.4 Å². The average Bonchev–Trinajstić information content (AvgIpc) is 2.55. The highest BCUT2D eigenvalue weighted by Crippen LogP contribution is 2.29. The molecule has 25 heavy (non-hydrogen) atoms. The normalized spacial score (nSPS) is 11.0. The lowest BCUT2D eigenvalue weighted by molar-refractivity contribution is -0.137. The first-order valence-electron chi connectivity index (χ1n) is 7.18. The van der Waals surface area contributed by atoms with Crippen molar-refractivity contribution in [1.82, 2.24) is 0 Å². The van der Waals surface area contributed by atoms with Gasteiger partial charge in [0.15, 0.2) is 6.61 Å². The van der Waals surface area contributed by atoms with Crippen LogP contribution in [0.2, 0.25) is 0 Å². The first kappa shape index (κ1) is 18.3. The van der Waals surface area contributed by atoms with E-state index in [1.54, 1.807) is 19.1 Å². The summed E-state index contributed by atoms with van der Waals surface area (Å²) in [5.74, 6) is -1.44. The second-order valence-electron chi connectivity index (χ2n) is 5.24. The Hall–Kier alpha value is -3.03. The van der Waals surface area contributed by atoms with Crippen molar-refractivity contribution in [2.24, 2.45) is 0 Å². The van der Waals surface area contributed by atoms with E-state index in [4.69, 9.17) is 10.5 Å². The SMILES string of the molecule is Cc1cccc(C(=O)OCC(=O)Nc2ccc(C(F)(F)F)cc2)c1N. The van der Waals surface area contributed by atoms with Crippen LogP contribution in [0.15, 0.2) is 42.5 Å². The number of anilines is 2. The number of amides is 1. The predicted molar refractivity (Wildman–Crippen MR) is 85.9 cm³/mol. The molecule has 2 aromatic carbocycles. The first-order chi connectivity index (χ1) is 11.7. The summed E-state index contributed by atoms with van der Waals surface area (Å²) in [4.78, 5) is 23.7. The number of esters is 1. The maximum absolute atomic E-state index is 12.5. The maximum atomic E-state index is 12.5. The fraction of sp³-hybridized carbons (Fsp3) is 0.176. The molecule has 3 N–H and O–H groups in total. The molecule has 0 unspecified atom stereocenters. The standard InChI is InChI=1S/C17H15F3N2O3/c1-10-3-2-4-13(15(10)21)16(24)25-9-14(23)22-12-7-5-11(6-8-12)17(18,19)20/h2-8H,9,21H2,1H3,(H,22,23). The number of carbonyl (C=O) groups is 2. The predicted octanol–water partition coefficient (Wildman–Crippen LogP) is 3.39. The van der Waals surface area contributed by atoms with Gasteiger partial charge in [-0.3, -0.25) is 4.79 Å². The van der Waals surface area contributed by atoms with E-state index in [-0.39, 0.29) is 16.9 Å². The summed E-state index contributed by atoms with van der Waals surface area (Å²) in [6.45, 7) is 1.14. The van der Waals surface area contributed by atoms with Gasteiger partial charge in [-0.2, -0.15) is 13.2 Å². The van der Waals surface area contributed by atoms with Gasteiger partial charge >= 0.3 is 12.1 Å². The Morgan fingerprint density at radius 3 is 2.36 bits per heavy atom. The van der Waals surface area contributed by atoms with E-state index >= 15 is 0 Å². The quantitative estimate of drug-likeness (QED) is 0.653. The molecule has 0 fully saturated rings. The molecule has 0 aromatic heterocycles. The van der Waals surface area contributed by atoms with Crippen LogP contribution in [0.25, 0.3) is 0 Å². The number of ether oxygens (including phenoxy) is 1. The first-order valence-corrected chi connectivity index (χ1v) is 7.18. The summed E-state index contributed by atoms with van der Waals surface area (Å²) in [6.07, 6.45) is -4.45. The molecule has 132 valence electrons. The number of alkyl halides is 3. The van der Waals surface area contributed by atoms with Gasteiger partial charge in [-0.25, -0.2) is 4.79 Å². The number of nitrogens with one attached hydrogen (secondary N) is 1. The Bertz CT molecular complexity index is 787. The molecule has 0 aliphatic carbocycles. The van der Waals surface area contributed by atoms with Gasteiger partial charge in [0.05, 0.1) is 11.1 Å². The van der Waals surface area contributed by atoms with Gasteiger partial charge < -0.3 is 15.8 Å². The van der Waals surface area contributed by atoms with Crippen LogP contribution in [-0.4, -0.2) is 18.5 Å². The molecule has 2 rings (SSSR count). The number of halogens is 3. The second kappa shape index (κ2) is 7.25. The van der Waals surface area contributed by atoms with Gasteiger partial charge in [-0.05, 0) is 42.8 Å². The molecule has 0 heterocycles. The Balaban J connectivity index is 1.92. The minimum atomic E-state index is -4.45. The van der Waals surface area contributed by atoms with E-state index in [0.29, 0.717) is 5.56 Å². The number of benzene rings is 2. The highest BCUT2D eigenvalue weighted by Gasteiger charge is 2.30. The van der Waals surface area contributed by atoms with Crippen LogP contribution in [0.1, 0.15) is 21.5 Å². The third-order valence-electron chi connectivity index (χ3n) is 3.37. The van der Waals surface area contributed by atoms with Crippen molar-refractivity contribution >= 4 is 23.3 Å². The summed E-state index contributed by atoms with van der Waals surface area (Å²) in [5, 5.41) is 2.34. The van der Waals surface area contributed by atoms with Crippen LogP contribution in [0, 0.1) is 6.92 Å². The monoisotopic (exact) mass is 352 g/mol. The second-order valence-corrected chi connectivity index (χ2v) is 5.24. The van der Waals surface area contributed by atoms with Gasteiger partial charge in [-0.15, -0.1) is 0 Å². The van der Waals surface area contributed by atoms with Crippen LogP contribution in [0.3, 0.4) is 0 Å². The molecule has 0 atom stereocenters. The van der Waals surface area contributed by atoms with Gasteiger partial charge in [0.1, 0.15) is 0 Å². The van der Waals surface area contributed by atoms with Crippen molar-refractivity contribution in [3.63, 3.8) is 0 Å². The van der Waals surface area contributed by atoms with Crippen molar-refractivity contribution in [3.05, 3.63) is 59.2 Å². The molecule has 0 spiro atoms. The number of rotatable bonds is 4. The molecule has 0 saturated heterocycles. The number of aryl methyl sites for hydroxylation is 1. The van der Waals surface area contributed by atoms with Crippen LogP contribution in [0.5, 0.6) is 0 Å².